The number of hydrogen-bond donors (Lipinski definition) is 0. The van der Waals surface area contributed by atoms with E-state index in [0.29, 0.717) is 0 Å². The van der Waals surface area contributed by atoms with E-state index < -0.39 is 0 Å². The highest BCUT2D eigenvalue weighted by Gasteiger charge is 1.27. The fourth-order valence-corrected chi connectivity index (χ4v) is 0. The van der Waals surface area contributed by atoms with E-state index in [2.05, 4.69) is 6.79 Å². The monoisotopic (exact) mass is 76.0 g/mol. The number of rotatable bonds is 0. The van der Waals surface area contributed by atoms with Crippen LogP contribution in [-0.4, -0.2) is 6.79 Å². The minimum atomic E-state index is 1.75. The predicted molar refractivity (Wildman–Crippen MR) is 12.4 cm³/mol. The van der Waals surface area contributed by atoms with Crippen LogP contribution in [-0.2, 0) is 4.79 Å². The molecule has 0 N–H and O–H groups in total. The van der Waals surface area contributed by atoms with Gasteiger partial charge in [-0.15, -0.1) is 0 Å². The van der Waals surface area contributed by atoms with Crippen molar-refractivity contribution in [2.24, 2.45) is 0 Å². The lowest BCUT2D eigenvalue weighted by Gasteiger charge is -1.19. The molecule has 0 unspecified atom stereocenters. The van der Waals surface area contributed by atoms with Crippen LogP contribution >= 0.6 is 0 Å². The zero-order valence-corrected chi connectivity index (χ0v) is 2.13. The Bertz CT molecular complexity index is 17.6. The van der Waals surface area contributed by atoms with Crippen molar-refractivity contribution in [2.45, 2.75) is 0 Å². The molecule has 0 amide bonds. The van der Waals surface area contributed by atoms with Crippen LogP contribution in [0.3, 0.4) is 0 Å². The second kappa shape index (κ2) is 2680. The molecule has 0 aromatic heterocycles. The normalized spacial score (nSPS) is 3.20. The number of hydrogen-bond acceptors (Lipinski definition) is 3. The van der Waals surface area contributed by atoms with Crippen LogP contribution in [0.5, 0.6) is 0 Å². The summed E-state index contributed by atoms with van der Waals surface area (Å²) in [6, 6.07) is 0. The fourth-order valence-electron chi connectivity index (χ4n) is 0. The van der Waals surface area contributed by atoms with Crippen molar-refractivity contribution in [3.05, 3.63) is 9.71 Å². The summed E-state index contributed by atoms with van der Waals surface area (Å²) in [6.07, 6.45) is 0. The number of carbonyl (C=O) groups excluding carboxylic acids is 1. The van der Waals surface area contributed by atoms with Crippen molar-refractivity contribution < 1.29 is 10.1 Å². The highest BCUT2D eigenvalue weighted by Crippen LogP contribution is 1.00. The molecule has 0 fully saturated rings. The van der Waals surface area contributed by atoms with Crippen LogP contribution in [0.15, 0.2) is 0 Å². The molecule has 0 aromatic rings. The summed E-state index contributed by atoms with van der Waals surface area (Å²) in [4.78, 5) is 15.4. The molecule has 2 radical (unpaired) electrons. The molecular weight excluding hydrogens is 76.0 g/mol. The Morgan fingerprint density at radius 2 is 1.60 bits per heavy atom. The van der Waals surface area contributed by atoms with Crippen LogP contribution in [0.4, 0.5) is 0 Å². The van der Waals surface area contributed by atoms with E-state index in [1.54, 1.807) is 4.75 Å². The maximum absolute atomic E-state index is 7.88. The topological polar surface area (TPSA) is 68.5 Å². The molecule has 0 aliphatic carbocycles. The van der Waals surface area contributed by atoms with Gasteiger partial charge in [-0.25, -0.2) is 0 Å². The molecule has 0 bridgehead atoms. The third-order valence-corrected chi connectivity index (χ3v) is 0. The molecule has 4 heteroatoms. The highest BCUT2D eigenvalue weighted by atomic mass is 17.2. The first kappa shape index (κ1) is 8.95. The zero-order chi connectivity index (χ0) is 4.71. The van der Waals surface area contributed by atoms with Crippen LogP contribution in [0.1, 0.15) is 0 Å². The Hall–Kier alpha value is -0.930. The first-order valence-corrected chi connectivity index (χ1v) is 0.537. The third kappa shape index (κ3) is 4.06. The van der Waals surface area contributed by atoms with E-state index in [4.69, 9.17) is 15.0 Å². The van der Waals surface area contributed by atoms with Gasteiger partial charge in [0.2, 0.25) is 0 Å². The van der Waals surface area contributed by atoms with Gasteiger partial charge in [0.25, 0.3) is 6.79 Å². The Balaban J connectivity index is 0. The molecule has 28 valence electrons. The average molecular weight is 76.0 g/mol. The maximum atomic E-state index is 7.88. The van der Waals surface area contributed by atoms with Gasteiger partial charge >= 0.3 is 0 Å². The second-order valence-corrected chi connectivity index (χ2v) is 0.0680. The first-order valence-electron chi connectivity index (χ1n) is 0.537. The SMILES string of the molecule is O=[O+][O-].[C]=O. The molecule has 4 nitrogen and oxygen atoms in total. The summed E-state index contributed by atoms with van der Waals surface area (Å²) in [7, 11) is 0. The Morgan fingerprint density at radius 1 is 1.60 bits per heavy atom. The Morgan fingerprint density at radius 3 is 1.60 bits per heavy atom. The quantitative estimate of drug-likeness (QED) is 0.200. The van der Waals surface area contributed by atoms with E-state index in [1.165, 1.54) is 0 Å². The Kier molecular flexibility index (Phi) is 4810. The van der Waals surface area contributed by atoms with E-state index >= 15 is 0 Å². The summed E-state index contributed by atoms with van der Waals surface area (Å²) < 4.78 is 1.75. The van der Waals surface area contributed by atoms with Gasteiger partial charge in [-0.3, -0.25) is 4.79 Å². The van der Waals surface area contributed by atoms with Gasteiger partial charge in [-0.2, -0.15) is 0 Å². The molecule has 0 aromatic carbocycles. The molecule has 5 heavy (non-hydrogen) atoms. The van der Waals surface area contributed by atoms with Gasteiger partial charge in [-0.1, -0.05) is 10.2 Å². The minimum Gasteiger partial charge on any atom is -0.281 e. The van der Waals surface area contributed by atoms with Crippen LogP contribution < -0.4 is 5.26 Å². The molecule has 0 aliphatic rings. The van der Waals surface area contributed by atoms with Gasteiger partial charge < -0.3 is 0 Å². The Labute approximate surface area is 27.9 Å². The molecular formula is CO4. The van der Waals surface area contributed by atoms with Crippen molar-refractivity contribution in [3.8, 4) is 0 Å². The van der Waals surface area contributed by atoms with Gasteiger partial charge in [0.1, 0.15) is 0 Å². The lowest BCUT2D eigenvalue weighted by Crippen LogP contribution is -1.82. The van der Waals surface area contributed by atoms with Gasteiger partial charge in [0.05, 0.1) is 0 Å². The summed E-state index contributed by atoms with van der Waals surface area (Å²) in [6.45, 7) is 4.50. The molecule has 0 saturated carbocycles. The average Bonchev–Trinajstić information content (AvgIpc) is 1.46. The van der Waals surface area contributed by atoms with Gasteiger partial charge in [0, 0.05) is 0 Å². The standard InChI is InChI=1S/CO.O3/c1-2;1-3-2. The summed E-state index contributed by atoms with van der Waals surface area (Å²) in [5, 5.41) is 7.88. The second-order valence-electron chi connectivity index (χ2n) is 0.0680. The van der Waals surface area contributed by atoms with Gasteiger partial charge in [-0.05, 0) is 0 Å². The smallest absolute Gasteiger partial charge is 0.281 e. The van der Waals surface area contributed by atoms with E-state index in [1.807, 2.05) is 0 Å². The van der Waals surface area contributed by atoms with E-state index in [9.17, 15) is 0 Å². The maximum Gasteiger partial charge on any atom is 0.281 e. The molecule has 0 heterocycles. The van der Waals surface area contributed by atoms with Crippen molar-refractivity contribution in [1.29, 1.82) is 0 Å². The van der Waals surface area contributed by atoms with Crippen molar-refractivity contribution in [3.63, 3.8) is 0 Å². The van der Waals surface area contributed by atoms with Crippen molar-refractivity contribution in [1.82, 2.24) is 0 Å². The largest absolute Gasteiger partial charge is 0.281 e. The van der Waals surface area contributed by atoms with E-state index in [0.717, 1.165) is 0 Å². The van der Waals surface area contributed by atoms with Crippen LogP contribution in [0, 0.1) is 9.71 Å². The molecule has 0 aliphatic heterocycles. The van der Waals surface area contributed by atoms with Crippen molar-refractivity contribution >= 4 is 6.79 Å². The minimum absolute atomic E-state index is 1.75. The molecule has 0 spiro atoms. The van der Waals surface area contributed by atoms with Crippen LogP contribution in [0.2, 0.25) is 0 Å². The zero-order valence-electron chi connectivity index (χ0n) is 2.13. The first-order chi connectivity index (χ1) is 2.41. The third-order valence-electron chi connectivity index (χ3n) is 0. The molecule has 0 atom stereocenters. The lowest BCUT2D eigenvalue weighted by molar-refractivity contribution is -0.284. The molecule has 0 saturated heterocycles. The summed E-state index contributed by atoms with van der Waals surface area (Å²) in [5.41, 5.74) is 0. The van der Waals surface area contributed by atoms with Crippen molar-refractivity contribution in [2.75, 3.05) is 0 Å². The molecule has 0 rings (SSSR count). The highest BCUT2D eigenvalue weighted by molar-refractivity contribution is 5.12. The summed E-state index contributed by atoms with van der Waals surface area (Å²) in [5.74, 6) is 0. The van der Waals surface area contributed by atoms with Gasteiger partial charge in [0.15, 0.2) is 4.75 Å². The van der Waals surface area contributed by atoms with E-state index in [-0.39, 0.29) is 0 Å². The van der Waals surface area contributed by atoms with Crippen LogP contribution in [0.25, 0.3) is 0 Å². The lowest BCUT2D eigenvalue weighted by atomic mass is 11.9. The predicted octanol–water partition coefficient (Wildman–Crippen LogP) is -1.52. The fraction of sp³-hybridized carbons (Fsp3) is 0. The summed E-state index contributed by atoms with van der Waals surface area (Å²) >= 11 is 0.